The molecule has 1 rings (SSSR count). The fraction of sp³-hybridized carbons (Fsp3) is 0.333. The van der Waals surface area contributed by atoms with Crippen LogP contribution in [0.15, 0.2) is 12.1 Å². The summed E-state index contributed by atoms with van der Waals surface area (Å²) in [6.07, 6.45) is 0.631. The molecule has 0 atom stereocenters. The lowest BCUT2D eigenvalue weighted by atomic mass is 10.2. The van der Waals surface area contributed by atoms with Gasteiger partial charge in [0.15, 0.2) is 0 Å². The zero-order valence-electron chi connectivity index (χ0n) is 7.66. The fourth-order valence-corrected chi connectivity index (χ4v) is 1.44. The van der Waals surface area contributed by atoms with E-state index in [9.17, 15) is 9.90 Å². The van der Waals surface area contributed by atoms with E-state index in [4.69, 9.17) is 0 Å². The second-order valence-electron chi connectivity index (χ2n) is 2.68. The van der Waals surface area contributed by atoms with Crippen LogP contribution < -0.4 is 0 Å². The van der Waals surface area contributed by atoms with Gasteiger partial charge in [-0.15, -0.1) is 0 Å². The van der Waals surface area contributed by atoms with Gasteiger partial charge in [-0.1, -0.05) is 0 Å². The van der Waals surface area contributed by atoms with E-state index in [0.717, 1.165) is 3.70 Å². The summed E-state index contributed by atoms with van der Waals surface area (Å²) < 4.78 is 5.28. The third-order valence-electron chi connectivity index (χ3n) is 1.71. The van der Waals surface area contributed by atoms with E-state index in [2.05, 4.69) is 32.3 Å². The maximum atomic E-state index is 10.8. The summed E-state index contributed by atoms with van der Waals surface area (Å²) in [5.74, 6) is -0.181. The number of aromatic hydroxyl groups is 1. The number of pyridine rings is 1. The van der Waals surface area contributed by atoms with Crippen LogP contribution in [0.5, 0.6) is 5.75 Å². The molecule has 0 saturated carbocycles. The Morgan fingerprint density at radius 1 is 1.64 bits per heavy atom. The van der Waals surface area contributed by atoms with Crippen LogP contribution >= 0.6 is 22.6 Å². The summed E-state index contributed by atoms with van der Waals surface area (Å²) in [6.45, 7) is 0. The molecular formula is C9H10INO3. The predicted molar refractivity (Wildman–Crippen MR) is 59.0 cm³/mol. The monoisotopic (exact) mass is 307 g/mol. The van der Waals surface area contributed by atoms with E-state index in [1.54, 1.807) is 12.1 Å². The van der Waals surface area contributed by atoms with E-state index in [0.29, 0.717) is 12.1 Å². The number of carbonyl (C=O) groups is 1. The number of carbonyl (C=O) groups excluding carboxylic acids is 1. The van der Waals surface area contributed by atoms with Gasteiger partial charge in [-0.25, -0.2) is 4.98 Å². The first-order valence-electron chi connectivity index (χ1n) is 4.04. The molecule has 0 bridgehead atoms. The first-order valence-corrected chi connectivity index (χ1v) is 5.12. The van der Waals surface area contributed by atoms with Crippen molar-refractivity contribution in [3.05, 3.63) is 21.5 Å². The van der Waals surface area contributed by atoms with Crippen molar-refractivity contribution >= 4 is 28.6 Å². The minimum absolute atomic E-state index is 0.120. The lowest BCUT2D eigenvalue weighted by Crippen LogP contribution is -2.03. The molecule has 0 amide bonds. The number of aromatic nitrogens is 1. The normalized spacial score (nSPS) is 9.86. The fourth-order valence-electron chi connectivity index (χ4n) is 0.974. The van der Waals surface area contributed by atoms with Crippen LogP contribution in [-0.4, -0.2) is 23.2 Å². The Labute approximate surface area is 95.4 Å². The molecule has 76 valence electrons. The quantitative estimate of drug-likeness (QED) is 0.522. The minimum Gasteiger partial charge on any atom is -0.506 e. The number of halogens is 1. The first kappa shape index (κ1) is 11.2. The van der Waals surface area contributed by atoms with Gasteiger partial charge in [-0.05, 0) is 34.7 Å². The van der Waals surface area contributed by atoms with E-state index >= 15 is 0 Å². The van der Waals surface area contributed by atoms with E-state index in [1.165, 1.54) is 7.11 Å². The molecule has 0 spiro atoms. The molecule has 1 aromatic heterocycles. The molecule has 14 heavy (non-hydrogen) atoms. The van der Waals surface area contributed by atoms with Crippen LogP contribution in [0.4, 0.5) is 0 Å². The molecule has 0 radical (unpaired) electrons. The lowest BCUT2D eigenvalue weighted by molar-refractivity contribution is -0.140. The zero-order valence-corrected chi connectivity index (χ0v) is 9.82. The van der Waals surface area contributed by atoms with Crippen molar-refractivity contribution in [2.24, 2.45) is 0 Å². The van der Waals surface area contributed by atoms with Gasteiger partial charge >= 0.3 is 5.97 Å². The molecule has 1 N–H and O–H groups in total. The summed E-state index contributed by atoms with van der Waals surface area (Å²) >= 11 is 2.05. The van der Waals surface area contributed by atoms with Crippen molar-refractivity contribution in [1.82, 2.24) is 4.98 Å². The molecule has 1 heterocycles. The number of hydrogen-bond donors (Lipinski definition) is 1. The second-order valence-corrected chi connectivity index (χ2v) is 3.78. The number of esters is 1. The maximum absolute atomic E-state index is 10.8. The molecular weight excluding hydrogens is 297 g/mol. The Bertz CT molecular complexity index is 341. The molecule has 1 aromatic rings. The highest BCUT2D eigenvalue weighted by Gasteiger charge is 2.07. The van der Waals surface area contributed by atoms with Crippen LogP contribution in [0, 0.1) is 3.70 Å². The zero-order chi connectivity index (χ0) is 10.6. The largest absolute Gasteiger partial charge is 0.506 e. The van der Waals surface area contributed by atoms with Crippen LogP contribution in [0.25, 0.3) is 0 Å². The van der Waals surface area contributed by atoms with Crippen molar-refractivity contribution in [3.63, 3.8) is 0 Å². The SMILES string of the molecule is COC(=O)CCc1nc(I)ccc1O. The van der Waals surface area contributed by atoms with Crippen LogP contribution in [0.3, 0.4) is 0 Å². The second kappa shape index (κ2) is 5.14. The Balaban J connectivity index is 2.66. The number of nitrogens with zero attached hydrogens (tertiary/aromatic N) is 1. The summed E-state index contributed by atoms with van der Waals surface area (Å²) in [7, 11) is 1.34. The molecule has 0 unspecified atom stereocenters. The van der Waals surface area contributed by atoms with E-state index in [-0.39, 0.29) is 18.1 Å². The summed E-state index contributed by atoms with van der Waals surface area (Å²) in [4.78, 5) is 15.0. The molecule has 0 aromatic carbocycles. The standard InChI is InChI=1S/C9H10INO3/c1-14-9(13)5-2-6-7(12)3-4-8(10)11-6/h3-4,12H,2,5H2,1H3. The van der Waals surface area contributed by atoms with Crippen LogP contribution in [0.1, 0.15) is 12.1 Å². The predicted octanol–water partition coefficient (Wildman–Crippen LogP) is 1.50. The Morgan fingerprint density at radius 2 is 2.36 bits per heavy atom. The van der Waals surface area contributed by atoms with Gasteiger partial charge in [0.25, 0.3) is 0 Å². The summed E-state index contributed by atoms with van der Waals surface area (Å²) in [5.41, 5.74) is 0.530. The number of aryl methyl sites for hydroxylation is 1. The van der Waals surface area contributed by atoms with Crippen molar-refractivity contribution in [2.75, 3.05) is 7.11 Å². The highest BCUT2D eigenvalue weighted by molar-refractivity contribution is 14.1. The third kappa shape index (κ3) is 3.13. The number of methoxy groups -OCH3 is 1. The highest BCUT2D eigenvalue weighted by atomic mass is 127. The lowest BCUT2D eigenvalue weighted by Gasteiger charge is -2.02. The van der Waals surface area contributed by atoms with Crippen LogP contribution in [0.2, 0.25) is 0 Å². The summed E-state index contributed by atoms with van der Waals surface area (Å²) in [5, 5.41) is 9.40. The molecule has 4 nitrogen and oxygen atoms in total. The third-order valence-corrected chi connectivity index (χ3v) is 2.31. The molecule has 0 aliphatic rings. The number of rotatable bonds is 3. The van der Waals surface area contributed by atoms with Gasteiger partial charge in [0.2, 0.25) is 0 Å². The van der Waals surface area contributed by atoms with Crippen molar-refractivity contribution < 1.29 is 14.6 Å². The smallest absolute Gasteiger partial charge is 0.305 e. The van der Waals surface area contributed by atoms with Crippen LogP contribution in [-0.2, 0) is 16.0 Å². The average molecular weight is 307 g/mol. The summed E-state index contributed by atoms with van der Waals surface area (Å²) in [6, 6.07) is 3.28. The van der Waals surface area contributed by atoms with Crippen molar-refractivity contribution in [1.29, 1.82) is 0 Å². The Morgan fingerprint density at radius 3 is 3.00 bits per heavy atom. The van der Waals surface area contributed by atoms with Gasteiger partial charge in [0.1, 0.15) is 9.45 Å². The van der Waals surface area contributed by atoms with Gasteiger partial charge in [-0.2, -0.15) is 0 Å². The van der Waals surface area contributed by atoms with Gasteiger partial charge in [-0.3, -0.25) is 4.79 Å². The van der Waals surface area contributed by atoms with Gasteiger partial charge in [0.05, 0.1) is 19.2 Å². The Kier molecular flexibility index (Phi) is 4.12. The van der Waals surface area contributed by atoms with Gasteiger partial charge in [0, 0.05) is 6.42 Å². The van der Waals surface area contributed by atoms with E-state index < -0.39 is 0 Å². The minimum atomic E-state index is -0.301. The molecule has 0 aliphatic heterocycles. The molecule has 0 saturated heterocycles. The highest BCUT2D eigenvalue weighted by Crippen LogP contribution is 2.17. The van der Waals surface area contributed by atoms with Crippen molar-refractivity contribution in [3.8, 4) is 5.75 Å². The Hall–Kier alpha value is -0.850. The average Bonchev–Trinajstić information content (AvgIpc) is 2.19. The maximum Gasteiger partial charge on any atom is 0.305 e. The molecule has 0 aliphatic carbocycles. The number of hydrogen-bond acceptors (Lipinski definition) is 4. The van der Waals surface area contributed by atoms with Crippen molar-refractivity contribution in [2.45, 2.75) is 12.8 Å². The van der Waals surface area contributed by atoms with Gasteiger partial charge < -0.3 is 9.84 Å². The molecule has 0 fully saturated rings. The number of ether oxygens (including phenoxy) is 1. The first-order chi connectivity index (χ1) is 6.63. The molecule has 5 heteroatoms. The van der Waals surface area contributed by atoms with E-state index in [1.807, 2.05) is 0 Å². The topological polar surface area (TPSA) is 59.4 Å².